The molecular weight excluding hydrogens is 1170 g/mol. The van der Waals surface area contributed by atoms with Crippen molar-refractivity contribution < 1.29 is 75.5 Å². The molecule has 0 aliphatic carbocycles. The minimum absolute atomic E-state index is 0.00854. The number of nitrogens with one attached hydrogen (secondary N) is 3. The number of carbonyl (C=O) groups excluding carboxylic acids is 8. The third-order valence-electron chi connectivity index (χ3n) is 13.0. The predicted octanol–water partition coefficient (Wildman–Crippen LogP) is 9.31. The van der Waals surface area contributed by atoms with Crippen LogP contribution in [0.25, 0.3) is 0 Å². The van der Waals surface area contributed by atoms with Crippen molar-refractivity contribution in [3.8, 4) is 0 Å². The molecule has 0 bridgehead atoms. The molecule has 0 aliphatic rings. The van der Waals surface area contributed by atoms with Gasteiger partial charge < -0.3 is 48.2 Å². The van der Waals surface area contributed by atoms with Gasteiger partial charge in [-0.05, 0) is 187 Å². The fourth-order valence-corrected chi connectivity index (χ4v) is 9.86. The molecule has 25 heteroatoms. The lowest BCUT2D eigenvalue weighted by molar-refractivity contribution is -0.158. The van der Waals surface area contributed by atoms with Crippen molar-refractivity contribution in [2.24, 2.45) is 0 Å². The van der Waals surface area contributed by atoms with Crippen molar-refractivity contribution in [3.63, 3.8) is 0 Å². The number of carbonyl (C=O) groups is 8. The van der Waals surface area contributed by atoms with Gasteiger partial charge in [-0.1, -0.05) is 12.1 Å². The average molecular weight is 1270 g/mol. The van der Waals surface area contributed by atoms with E-state index in [0.29, 0.717) is 30.3 Å². The van der Waals surface area contributed by atoms with Crippen LogP contribution in [0.15, 0.2) is 49.1 Å². The highest BCUT2D eigenvalue weighted by Gasteiger charge is 2.38. The van der Waals surface area contributed by atoms with Gasteiger partial charge in [0.05, 0.1) is 13.1 Å². The highest BCUT2D eigenvalue weighted by atomic mass is 32.2. The second-order valence-corrected chi connectivity index (χ2v) is 29.3. The Labute approximate surface area is 529 Å². The molecule has 3 aromatic rings. The van der Waals surface area contributed by atoms with E-state index in [9.17, 15) is 47.1 Å². The molecule has 3 rings (SSSR count). The molecule has 500 valence electrons. The lowest BCUT2D eigenvalue weighted by Crippen LogP contribution is -2.51. The largest absolute Gasteiger partial charge is 0.460 e. The van der Waals surface area contributed by atoms with E-state index >= 15 is 0 Å². The molecule has 89 heavy (non-hydrogen) atoms. The molecule has 0 fully saturated rings. The normalized spacial score (nSPS) is 13.0. The zero-order chi connectivity index (χ0) is 67.4. The Kier molecular flexibility index (Phi) is 28.2. The highest BCUT2D eigenvalue weighted by Crippen LogP contribution is 2.31. The maximum atomic E-state index is 14.6. The SMILES string of the molecule is CC(C)(C)OC(=O)CCC(CCC(=O)OC(C)(C)C)(CCC(=O)OC(C)(C)C)NC(=O)Cn1ccnc1CN(CCc1ccc(NS(=O)O)cc1)Cc1nccn1CC(=O)NC(CCC(=O)OC(C)(C)C)(CCC(=O)OC(C)(C)C)CCC(=O)OC(C)(C)C. The number of rotatable bonds is 33. The first-order chi connectivity index (χ1) is 40.8. The monoisotopic (exact) mass is 1270 g/mol. The van der Waals surface area contributed by atoms with Gasteiger partial charge in [0.25, 0.3) is 11.3 Å². The molecule has 1 unspecified atom stereocenters. The van der Waals surface area contributed by atoms with E-state index in [-0.39, 0.29) is 103 Å². The second kappa shape index (κ2) is 32.8. The van der Waals surface area contributed by atoms with Crippen LogP contribution >= 0.6 is 0 Å². The summed E-state index contributed by atoms with van der Waals surface area (Å²) in [5, 5.41) is 6.25. The first kappa shape index (κ1) is 76.5. The van der Waals surface area contributed by atoms with E-state index in [1.54, 1.807) is 171 Å². The summed E-state index contributed by atoms with van der Waals surface area (Å²) in [6.45, 7) is 31.4. The van der Waals surface area contributed by atoms with Crippen LogP contribution < -0.4 is 15.4 Å². The summed E-state index contributed by atoms with van der Waals surface area (Å²) in [7, 11) is 0. The van der Waals surface area contributed by atoms with Gasteiger partial charge in [0.15, 0.2) is 0 Å². The first-order valence-corrected chi connectivity index (χ1v) is 31.5. The molecule has 0 saturated heterocycles. The van der Waals surface area contributed by atoms with Gasteiger partial charge in [-0.15, -0.1) is 0 Å². The summed E-state index contributed by atoms with van der Waals surface area (Å²) in [5.41, 5.74) is -6.16. The summed E-state index contributed by atoms with van der Waals surface area (Å²) in [4.78, 5) is 120. The number of aromatic nitrogens is 4. The average Bonchev–Trinajstić information content (AvgIpc) is 4.26. The van der Waals surface area contributed by atoms with E-state index in [0.717, 1.165) is 5.56 Å². The highest BCUT2D eigenvalue weighted by molar-refractivity contribution is 7.80. The van der Waals surface area contributed by atoms with Gasteiger partial charge in [0.2, 0.25) is 11.8 Å². The fraction of sp³-hybridized carbons (Fsp3) is 0.688. The van der Waals surface area contributed by atoms with Crippen LogP contribution in [0.4, 0.5) is 5.69 Å². The molecule has 2 amide bonds. The van der Waals surface area contributed by atoms with Crippen molar-refractivity contribution in [1.82, 2.24) is 34.6 Å². The molecule has 1 atom stereocenters. The van der Waals surface area contributed by atoms with E-state index in [2.05, 4.69) is 25.3 Å². The summed E-state index contributed by atoms with van der Waals surface area (Å²) in [6.07, 6.45) is 5.96. The minimum atomic E-state index is -2.28. The van der Waals surface area contributed by atoms with E-state index in [1.165, 1.54) is 0 Å². The topological polar surface area (TPSA) is 304 Å². The number of hydrogen-bond donors (Lipinski definition) is 4. The number of amides is 2. The molecule has 4 N–H and O–H groups in total. The maximum absolute atomic E-state index is 14.6. The standard InChI is InChI=1S/C64H102N8O16S/c1-57(2,3)83-51(75)23-30-63(31-24-52(76)84-58(4,5)6,32-25-53(77)85-59(7,8)9)67-49(73)43-71-39-36-65-47(71)41-70(38-29-45-19-21-46(22-20-45)69-89(81)82)42-48-66-37-40-72(48)44-50(74)68-64(33-26-54(78)86-60(10,11)12,34-27-55(79)87-61(13,14)15)35-28-56(80)88-62(16,17)18/h19-22,36-37,39-40,69H,23-35,38,41-44H2,1-18H3,(H,67,73)(H,68,74)(H,81,82). The van der Waals surface area contributed by atoms with Crippen LogP contribution in [0.1, 0.15) is 219 Å². The molecule has 2 aromatic heterocycles. The van der Waals surface area contributed by atoms with Gasteiger partial charge in [0.1, 0.15) is 58.3 Å². The lowest BCUT2D eigenvalue weighted by atomic mass is 9.83. The Morgan fingerprint density at radius 1 is 0.461 bits per heavy atom. The quantitative estimate of drug-likeness (QED) is 0.0251. The smallest absolute Gasteiger partial charge is 0.306 e. The van der Waals surface area contributed by atoms with Crippen molar-refractivity contribution in [2.75, 3.05) is 11.3 Å². The van der Waals surface area contributed by atoms with Crippen LogP contribution in [-0.4, -0.2) is 132 Å². The number of benzene rings is 1. The molecule has 24 nitrogen and oxygen atoms in total. The van der Waals surface area contributed by atoms with E-state index < -0.39 is 104 Å². The van der Waals surface area contributed by atoms with E-state index in [4.69, 9.17) is 28.4 Å². The molecule has 0 radical (unpaired) electrons. The lowest BCUT2D eigenvalue weighted by Gasteiger charge is -2.36. The first-order valence-electron chi connectivity index (χ1n) is 30.4. The van der Waals surface area contributed by atoms with Gasteiger partial charge in [-0.2, -0.15) is 0 Å². The molecule has 0 aliphatic heterocycles. The Balaban J connectivity index is 2.08. The molecule has 1 aromatic carbocycles. The molecule has 2 heterocycles. The third-order valence-corrected chi connectivity index (χ3v) is 13.4. The Bertz CT molecular complexity index is 2540. The van der Waals surface area contributed by atoms with Crippen LogP contribution in [0.3, 0.4) is 0 Å². The summed E-state index contributed by atoms with van der Waals surface area (Å²) >= 11 is -2.28. The van der Waals surface area contributed by atoms with Gasteiger partial charge in [-0.25, -0.2) is 14.2 Å². The zero-order valence-corrected chi connectivity index (χ0v) is 56.9. The van der Waals surface area contributed by atoms with Gasteiger partial charge >= 0.3 is 35.8 Å². The number of hydrogen-bond acceptors (Lipinski definition) is 18. The molecule has 0 saturated carbocycles. The fourth-order valence-electron chi connectivity index (χ4n) is 9.52. The second-order valence-electron chi connectivity index (χ2n) is 28.6. The van der Waals surface area contributed by atoms with Crippen LogP contribution in [0.2, 0.25) is 0 Å². The number of esters is 6. The zero-order valence-electron chi connectivity index (χ0n) is 56.1. The van der Waals surface area contributed by atoms with Crippen LogP contribution in [-0.2, 0) is 111 Å². The molecular formula is C64H102N8O16S. The number of imidazole rings is 2. The number of ether oxygens (including phenoxy) is 6. The number of nitrogens with zero attached hydrogens (tertiary/aromatic N) is 5. The Morgan fingerprint density at radius 2 is 0.730 bits per heavy atom. The van der Waals surface area contributed by atoms with Gasteiger partial charge in [-0.3, -0.25) is 52.5 Å². The van der Waals surface area contributed by atoms with Crippen molar-refractivity contribution in [1.29, 1.82) is 0 Å². The Hall–Kier alpha value is -6.73. The van der Waals surface area contributed by atoms with Gasteiger partial charge in [0, 0.05) is 86.6 Å². The van der Waals surface area contributed by atoms with Crippen molar-refractivity contribution in [2.45, 2.75) is 279 Å². The summed E-state index contributed by atoms with van der Waals surface area (Å²) < 4.78 is 60.6. The Morgan fingerprint density at radius 3 is 0.978 bits per heavy atom. The van der Waals surface area contributed by atoms with Crippen molar-refractivity contribution >= 4 is 64.6 Å². The third kappa shape index (κ3) is 33.1. The van der Waals surface area contributed by atoms with E-state index in [1.807, 2.05) is 17.0 Å². The van der Waals surface area contributed by atoms with Crippen LogP contribution in [0, 0.1) is 0 Å². The maximum Gasteiger partial charge on any atom is 0.306 e. The summed E-state index contributed by atoms with van der Waals surface area (Å²) in [6, 6.07) is 6.97. The molecule has 0 spiro atoms. The predicted molar refractivity (Wildman–Crippen MR) is 335 cm³/mol. The summed E-state index contributed by atoms with van der Waals surface area (Å²) in [5.74, 6) is -3.32. The minimum Gasteiger partial charge on any atom is -0.460 e. The van der Waals surface area contributed by atoms with Crippen molar-refractivity contribution in [3.05, 3.63) is 66.3 Å². The number of anilines is 1. The van der Waals surface area contributed by atoms with Crippen LogP contribution in [0.5, 0.6) is 0 Å².